The Hall–Kier alpha value is -0.183. The Balaban J connectivity index is 2.10. The first kappa shape index (κ1) is 52.4. The first-order chi connectivity index (χ1) is 29.3. The molecule has 0 amide bonds. The second kappa shape index (κ2) is 28.0. The van der Waals surface area contributed by atoms with E-state index in [4.69, 9.17) is 9.47 Å². The van der Waals surface area contributed by atoms with E-state index in [1.54, 1.807) is 9.40 Å². The van der Waals surface area contributed by atoms with Crippen molar-refractivity contribution in [3.63, 3.8) is 0 Å². The van der Waals surface area contributed by atoms with Gasteiger partial charge in [-0.3, -0.25) is 0 Å². The quantitative estimate of drug-likeness (QED) is 0.0434. The molecule has 2 atom stereocenters. The van der Waals surface area contributed by atoms with Gasteiger partial charge in [0.15, 0.2) is 0 Å². The van der Waals surface area contributed by atoms with Crippen LogP contribution in [-0.4, -0.2) is 50.0 Å². The molecule has 0 aliphatic heterocycles. The minimum absolute atomic E-state index is 0.580. The number of unbranched alkanes of at least 4 members (excludes halogenated alkanes) is 8. The monoisotopic (exact) mass is 1080 g/mol. The van der Waals surface area contributed by atoms with Crippen LogP contribution in [0.15, 0.2) is 24.3 Å². The summed E-state index contributed by atoms with van der Waals surface area (Å²) in [5.74, 6) is 3.14. The predicted octanol–water partition coefficient (Wildman–Crippen LogP) is 18.6. The summed E-state index contributed by atoms with van der Waals surface area (Å²) in [6, 6.07) is 10.6. The van der Waals surface area contributed by atoms with Gasteiger partial charge in [0.05, 0.1) is 0 Å². The summed E-state index contributed by atoms with van der Waals surface area (Å²) in [7, 11) is 0. The summed E-state index contributed by atoms with van der Waals surface area (Å²) >= 11 is -0.839. The maximum absolute atomic E-state index is 7.03. The summed E-state index contributed by atoms with van der Waals surface area (Å²) < 4.78 is 30.2. The van der Waals surface area contributed by atoms with Crippen molar-refractivity contribution in [2.75, 3.05) is 13.2 Å². The Morgan fingerprint density at radius 2 is 0.700 bits per heavy atom. The van der Waals surface area contributed by atoms with Crippen LogP contribution in [0.4, 0.5) is 0 Å². The van der Waals surface area contributed by atoms with Crippen molar-refractivity contribution in [1.29, 1.82) is 0 Å². The zero-order valence-corrected chi connectivity index (χ0v) is 48.2. The average Bonchev–Trinajstić information content (AvgIpc) is 3.93. The molecular formula is C54H92O2S2Sn2. The number of benzene rings is 2. The first-order valence-corrected chi connectivity index (χ1v) is 42.6. The average molecular weight is 1070 g/mol. The molecule has 2 heterocycles. The Morgan fingerprint density at radius 1 is 0.400 bits per heavy atom. The van der Waals surface area contributed by atoms with Gasteiger partial charge in [-0.15, -0.1) is 0 Å². The van der Waals surface area contributed by atoms with E-state index in [-0.39, 0.29) is 0 Å². The third-order valence-corrected chi connectivity index (χ3v) is 53.3. The summed E-state index contributed by atoms with van der Waals surface area (Å²) in [4.78, 5) is 0. The van der Waals surface area contributed by atoms with Crippen molar-refractivity contribution in [2.24, 2.45) is 11.8 Å². The van der Waals surface area contributed by atoms with Gasteiger partial charge in [0, 0.05) is 0 Å². The van der Waals surface area contributed by atoms with E-state index in [2.05, 4.69) is 116 Å². The van der Waals surface area contributed by atoms with Crippen LogP contribution in [0.25, 0.3) is 30.9 Å². The van der Waals surface area contributed by atoms with E-state index >= 15 is 0 Å². The molecule has 60 heavy (non-hydrogen) atoms. The van der Waals surface area contributed by atoms with Crippen LogP contribution in [0.2, 0.25) is 26.6 Å². The van der Waals surface area contributed by atoms with Gasteiger partial charge in [-0.25, -0.2) is 0 Å². The van der Waals surface area contributed by atoms with E-state index in [0.29, 0.717) is 11.8 Å². The summed E-state index contributed by atoms with van der Waals surface area (Å²) in [5, 5.41) is 5.95. The molecule has 0 N–H and O–H groups in total. The fourth-order valence-electron chi connectivity index (χ4n) is 10.1. The van der Waals surface area contributed by atoms with Crippen LogP contribution in [-0.2, 0) is 0 Å². The molecule has 4 aromatic rings. The van der Waals surface area contributed by atoms with E-state index in [1.807, 2.05) is 5.79 Å². The molecule has 2 nitrogen and oxygen atoms in total. The zero-order valence-electron chi connectivity index (χ0n) is 40.9. The van der Waals surface area contributed by atoms with Gasteiger partial charge in [0.25, 0.3) is 0 Å². The van der Waals surface area contributed by atoms with Crippen LogP contribution in [0.1, 0.15) is 198 Å². The van der Waals surface area contributed by atoms with Crippen LogP contribution in [0.5, 0.6) is 11.5 Å². The fourth-order valence-corrected chi connectivity index (χ4v) is 50.8. The molecular weight excluding hydrogens is 982 g/mol. The molecule has 0 aliphatic rings. The number of hydrogen-bond acceptors (Lipinski definition) is 4. The second-order valence-corrected chi connectivity index (χ2v) is 49.6. The Kier molecular flexibility index (Phi) is 24.5. The van der Waals surface area contributed by atoms with Gasteiger partial charge >= 0.3 is 377 Å². The van der Waals surface area contributed by atoms with Crippen molar-refractivity contribution in [3.05, 3.63) is 24.3 Å². The summed E-state index contributed by atoms with van der Waals surface area (Å²) in [5.41, 5.74) is 0. The van der Waals surface area contributed by atoms with Gasteiger partial charge < -0.3 is 0 Å². The van der Waals surface area contributed by atoms with Crippen LogP contribution >= 0.6 is 22.7 Å². The number of fused-ring (bicyclic) bond motifs is 6. The maximum atomic E-state index is 7.03. The van der Waals surface area contributed by atoms with E-state index < -0.39 is 36.8 Å². The number of thiophene rings is 2. The molecule has 2 aromatic carbocycles. The Bertz CT molecular complexity index is 1620. The van der Waals surface area contributed by atoms with Crippen molar-refractivity contribution in [3.8, 4) is 11.5 Å². The first-order valence-electron chi connectivity index (χ1n) is 26.0. The van der Waals surface area contributed by atoms with E-state index in [1.165, 1.54) is 177 Å². The number of ether oxygens (including phenoxy) is 2. The summed E-state index contributed by atoms with van der Waals surface area (Å²) in [6.45, 7) is 25.5. The van der Waals surface area contributed by atoms with E-state index in [0.717, 1.165) is 24.7 Å². The van der Waals surface area contributed by atoms with Gasteiger partial charge in [0.2, 0.25) is 0 Å². The van der Waals surface area contributed by atoms with Crippen molar-refractivity contribution >= 4 is 96.2 Å². The molecule has 0 saturated heterocycles. The van der Waals surface area contributed by atoms with Gasteiger partial charge in [-0.05, 0) is 0 Å². The van der Waals surface area contributed by atoms with E-state index in [9.17, 15) is 0 Å². The van der Waals surface area contributed by atoms with Crippen molar-refractivity contribution in [2.45, 2.75) is 224 Å². The zero-order chi connectivity index (χ0) is 43.4. The Labute approximate surface area is 387 Å². The predicted molar refractivity (Wildman–Crippen MR) is 281 cm³/mol. The fraction of sp³-hybridized carbons (Fsp3) is 0.741. The molecule has 2 aromatic heterocycles. The third-order valence-electron chi connectivity index (χ3n) is 14.5. The molecule has 0 aliphatic carbocycles. The van der Waals surface area contributed by atoms with Crippen LogP contribution in [0.3, 0.4) is 0 Å². The molecule has 340 valence electrons. The van der Waals surface area contributed by atoms with Crippen molar-refractivity contribution < 1.29 is 9.47 Å². The van der Waals surface area contributed by atoms with Gasteiger partial charge in [-0.1, -0.05) is 13.8 Å². The topological polar surface area (TPSA) is 18.5 Å². The number of hydrogen-bond donors (Lipinski definition) is 0. The second-order valence-electron chi connectivity index (χ2n) is 19.2. The normalized spacial score (nSPS) is 13.6. The van der Waals surface area contributed by atoms with Gasteiger partial charge in [0.1, 0.15) is 0 Å². The van der Waals surface area contributed by atoms with Crippen LogP contribution in [0, 0.1) is 11.8 Å². The summed E-state index contributed by atoms with van der Waals surface area (Å²) in [6.07, 6.45) is 26.3. The molecule has 0 spiro atoms. The van der Waals surface area contributed by atoms with Crippen LogP contribution < -0.4 is 15.3 Å². The molecule has 0 saturated carbocycles. The molecule has 0 radical (unpaired) electrons. The van der Waals surface area contributed by atoms with Crippen molar-refractivity contribution in [1.82, 2.24) is 0 Å². The molecule has 4 rings (SSSR count). The Morgan fingerprint density at radius 3 is 0.967 bits per heavy atom. The van der Waals surface area contributed by atoms with Gasteiger partial charge in [-0.2, -0.15) is 0 Å². The molecule has 6 heteroatoms. The standard InChI is InChI=1S/C30H38O2S2.6C4H9.2Sn/c1-5-9-11-21(7-3)19-31-27-17-25-23-13-15-33-29(23)30-24(14-16-34-30)26(25)18-28(27)32-20-22(8-4)12-10-6-2;6*1-3-4-2;;/h13-14,17-18,21-22H,5-12,19-20H2,1-4H3;6*1,3-4H2,2H3;;. The third kappa shape index (κ3) is 13.9. The molecule has 0 fully saturated rings. The molecule has 0 bridgehead atoms. The SMILES string of the molecule is CCCCC(CC)COc1cc2c(cc1OCC(CC)CCCC)c1c[c]([Sn]([CH2]CCC)([CH2]CCC)[CH2]CCC)sc1c1s[c]([Sn]([CH2]CCC)([CH2]CCC)[CH2]CCC)cc21. The molecule has 2 unspecified atom stereocenters. The minimum atomic E-state index is -2.72. The number of rotatable bonds is 34.